The first-order valence-corrected chi connectivity index (χ1v) is 15.3. The van der Waals surface area contributed by atoms with Gasteiger partial charge in [-0.25, -0.2) is 4.98 Å². The molecule has 0 radical (unpaired) electrons. The largest absolute Gasteiger partial charge is 0.385 e. The molecule has 4 rings (SSSR count). The second kappa shape index (κ2) is 15.1. The van der Waals surface area contributed by atoms with Crippen molar-refractivity contribution in [1.29, 1.82) is 0 Å². The number of aromatic nitrogens is 1. The van der Waals surface area contributed by atoms with Crippen LogP contribution in [-0.4, -0.2) is 42.6 Å². The SMILES string of the molecule is COCCCNC(=O)c1csc(CN(CCC(c2ccccc2)c2ccccc2)Cc2ccc(C(C)(C)C)cc2)n1. The number of amides is 1. The maximum atomic E-state index is 12.6. The Kier molecular flexibility index (Phi) is 11.3. The molecule has 0 unspecified atom stereocenters. The minimum absolute atomic E-state index is 0.123. The van der Waals surface area contributed by atoms with Gasteiger partial charge >= 0.3 is 0 Å². The van der Waals surface area contributed by atoms with E-state index in [1.54, 1.807) is 18.4 Å². The molecule has 0 aliphatic rings. The number of carbonyl (C=O) groups excluding carboxylic acids is 1. The van der Waals surface area contributed by atoms with Crippen molar-refractivity contribution >= 4 is 17.2 Å². The molecule has 0 saturated carbocycles. The van der Waals surface area contributed by atoms with Crippen molar-refractivity contribution in [3.05, 3.63) is 123 Å². The van der Waals surface area contributed by atoms with E-state index in [2.05, 4.69) is 116 Å². The molecule has 1 amide bonds. The molecule has 0 spiro atoms. The second-order valence-corrected chi connectivity index (χ2v) is 12.5. The Bertz CT molecular complexity index is 1290. The Morgan fingerprint density at radius 2 is 1.56 bits per heavy atom. The van der Waals surface area contributed by atoms with E-state index in [-0.39, 0.29) is 11.3 Å². The fourth-order valence-corrected chi connectivity index (χ4v) is 5.79. The Morgan fingerprint density at radius 3 is 2.15 bits per heavy atom. The average molecular weight is 570 g/mol. The van der Waals surface area contributed by atoms with Crippen LogP contribution in [0.5, 0.6) is 0 Å². The average Bonchev–Trinajstić information content (AvgIpc) is 3.45. The molecule has 1 aromatic heterocycles. The topological polar surface area (TPSA) is 54.5 Å². The molecule has 1 N–H and O–H groups in total. The van der Waals surface area contributed by atoms with Crippen molar-refractivity contribution in [3.8, 4) is 0 Å². The Morgan fingerprint density at radius 1 is 0.927 bits per heavy atom. The minimum atomic E-state index is -0.124. The Balaban J connectivity index is 1.51. The summed E-state index contributed by atoms with van der Waals surface area (Å²) in [6, 6.07) is 30.6. The lowest BCUT2D eigenvalue weighted by atomic mass is 9.86. The summed E-state index contributed by atoms with van der Waals surface area (Å²) in [5.74, 6) is 0.175. The van der Waals surface area contributed by atoms with Gasteiger partial charge in [-0.2, -0.15) is 0 Å². The smallest absolute Gasteiger partial charge is 0.270 e. The molecule has 3 aromatic carbocycles. The predicted molar refractivity (Wildman–Crippen MR) is 170 cm³/mol. The third-order valence-corrected chi connectivity index (χ3v) is 8.15. The van der Waals surface area contributed by atoms with Crippen molar-refractivity contribution in [3.63, 3.8) is 0 Å². The zero-order chi connectivity index (χ0) is 29.1. The van der Waals surface area contributed by atoms with Gasteiger partial charge in [0.1, 0.15) is 10.7 Å². The van der Waals surface area contributed by atoms with Gasteiger partial charge in [0.25, 0.3) is 5.91 Å². The number of carbonyl (C=O) groups is 1. The summed E-state index contributed by atoms with van der Waals surface area (Å²) in [5, 5.41) is 5.77. The molecule has 0 bridgehead atoms. The highest BCUT2D eigenvalue weighted by atomic mass is 32.1. The van der Waals surface area contributed by atoms with E-state index >= 15 is 0 Å². The lowest BCUT2D eigenvalue weighted by molar-refractivity contribution is 0.0944. The zero-order valence-corrected chi connectivity index (χ0v) is 25.6. The van der Waals surface area contributed by atoms with Gasteiger partial charge < -0.3 is 10.1 Å². The first kappa shape index (κ1) is 30.6. The van der Waals surface area contributed by atoms with E-state index in [9.17, 15) is 4.79 Å². The summed E-state index contributed by atoms with van der Waals surface area (Å²) in [7, 11) is 1.67. The number of nitrogens with one attached hydrogen (secondary N) is 1. The summed E-state index contributed by atoms with van der Waals surface area (Å²) < 4.78 is 5.07. The molecule has 41 heavy (non-hydrogen) atoms. The molecular formula is C35H43N3O2S. The zero-order valence-electron chi connectivity index (χ0n) is 24.8. The molecule has 216 valence electrons. The van der Waals surface area contributed by atoms with Gasteiger partial charge in [-0.15, -0.1) is 11.3 Å². The molecule has 1 heterocycles. The van der Waals surface area contributed by atoms with Gasteiger partial charge in [-0.3, -0.25) is 9.69 Å². The molecular weight excluding hydrogens is 526 g/mol. The van der Waals surface area contributed by atoms with Gasteiger partial charge in [0, 0.05) is 38.1 Å². The summed E-state index contributed by atoms with van der Waals surface area (Å²) in [5.41, 5.74) is 5.88. The first-order valence-electron chi connectivity index (χ1n) is 14.5. The second-order valence-electron chi connectivity index (χ2n) is 11.5. The normalized spacial score (nSPS) is 11.8. The fraction of sp³-hybridized carbons (Fsp3) is 0.371. The standard InChI is InChI=1S/C35H43N3O2S/c1-35(2,3)30-18-16-27(17-19-30)24-38(25-33-37-32(26-41-33)34(39)36-21-11-23-40-4)22-20-31(28-12-7-5-8-13-28)29-14-9-6-10-15-29/h5-10,12-19,26,31H,11,20-25H2,1-4H3,(H,36,39). The third-order valence-electron chi connectivity index (χ3n) is 7.32. The van der Waals surface area contributed by atoms with E-state index in [0.29, 0.717) is 31.3 Å². The Hall–Kier alpha value is -3.32. The van der Waals surface area contributed by atoms with Crippen LogP contribution in [0, 0.1) is 0 Å². The van der Waals surface area contributed by atoms with E-state index in [1.807, 2.05) is 5.38 Å². The number of nitrogens with zero attached hydrogens (tertiary/aromatic N) is 2. The van der Waals surface area contributed by atoms with Crippen LogP contribution in [0.4, 0.5) is 0 Å². The number of thiazole rings is 1. The molecule has 5 nitrogen and oxygen atoms in total. The number of methoxy groups -OCH3 is 1. The number of ether oxygens (including phenoxy) is 1. The monoisotopic (exact) mass is 569 g/mol. The quantitative estimate of drug-likeness (QED) is 0.161. The summed E-state index contributed by atoms with van der Waals surface area (Å²) in [4.78, 5) is 19.8. The van der Waals surface area contributed by atoms with Crippen molar-refractivity contribution in [2.24, 2.45) is 0 Å². The van der Waals surface area contributed by atoms with Crippen molar-refractivity contribution < 1.29 is 9.53 Å². The molecule has 6 heteroatoms. The van der Waals surface area contributed by atoms with Crippen molar-refractivity contribution in [2.45, 2.75) is 58.0 Å². The molecule has 0 aliphatic heterocycles. The molecule has 4 aromatic rings. The van der Waals surface area contributed by atoms with Crippen LogP contribution >= 0.6 is 11.3 Å². The fourth-order valence-electron chi connectivity index (χ4n) is 4.98. The highest BCUT2D eigenvalue weighted by Gasteiger charge is 2.19. The first-order chi connectivity index (χ1) is 19.8. The maximum Gasteiger partial charge on any atom is 0.270 e. The third kappa shape index (κ3) is 9.35. The number of hydrogen-bond acceptors (Lipinski definition) is 5. The van der Waals surface area contributed by atoms with Crippen molar-refractivity contribution in [1.82, 2.24) is 15.2 Å². The minimum Gasteiger partial charge on any atom is -0.385 e. The van der Waals surface area contributed by atoms with Gasteiger partial charge in [-0.1, -0.05) is 106 Å². The van der Waals surface area contributed by atoms with Crippen LogP contribution in [0.3, 0.4) is 0 Å². The molecule has 0 fully saturated rings. The summed E-state index contributed by atoms with van der Waals surface area (Å²) >= 11 is 1.56. The maximum absolute atomic E-state index is 12.6. The number of hydrogen-bond donors (Lipinski definition) is 1. The van der Waals surface area contributed by atoms with Crippen LogP contribution in [0.25, 0.3) is 0 Å². The highest BCUT2D eigenvalue weighted by molar-refractivity contribution is 7.09. The van der Waals surface area contributed by atoms with E-state index in [4.69, 9.17) is 9.72 Å². The molecule has 0 atom stereocenters. The number of benzene rings is 3. The van der Waals surface area contributed by atoms with Gasteiger partial charge in [0.05, 0.1) is 6.54 Å². The van der Waals surface area contributed by atoms with E-state index < -0.39 is 0 Å². The van der Waals surface area contributed by atoms with Gasteiger partial charge in [-0.05, 0) is 47.1 Å². The summed E-state index contributed by atoms with van der Waals surface area (Å²) in [6.07, 6.45) is 1.76. The molecule has 0 aliphatic carbocycles. The number of rotatable bonds is 14. The van der Waals surface area contributed by atoms with Crippen LogP contribution in [0.2, 0.25) is 0 Å². The lowest BCUT2D eigenvalue weighted by Gasteiger charge is -2.26. The van der Waals surface area contributed by atoms with E-state index in [0.717, 1.165) is 30.9 Å². The van der Waals surface area contributed by atoms with Gasteiger partial charge in [0.15, 0.2) is 0 Å². The molecule has 0 saturated heterocycles. The summed E-state index contributed by atoms with van der Waals surface area (Å²) in [6.45, 7) is 10.4. The van der Waals surface area contributed by atoms with Crippen LogP contribution in [0.1, 0.15) is 77.3 Å². The highest BCUT2D eigenvalue weighted by Crippen LogP contribution is 2.29. The van der Waals surface area contributed by atoms with Gasteiger partial charge in [0.2, 0.25) is 0 Å². The van der Waals surface area contributed by atoms with Crippen molar-refractivity contribution in [2.75, 3.05) is 26.8 Å². The van der Waals surface area contributed by atoms with Crippen LogP contribution in [-0.2, 0) is 23.2 Å². The van der Waals surface area contributed by atoms with Crippen LogP contribution in [0.15, 0.2) is 90.3 Å². The lowest BCUT2D eigenvalue weighted by Crippen LogP contribution is -2.27. The predicted octanol–water partition coefficient (Wildman–Crippen LogP) is 7.43. The Labute approximate surface area is 249 Å². The van der Waals surface area contributed by atoms with Crippen LogP contribution < -0.4 is 5.32 Å². The van der Waals surface area contributed by atoms with E-state index in [1.165, 1.54) is 22.3 Å².